The SMILES string of the molecule is CCN1CCC(c2nc(N)nc(-c3cccc(-c4ccnc(N)c4F)n3)c2C)CC1. The highest BCUT2D eigenvalue weighted by Crippen LogP contribution is 2.33. The van der Waals surface area contributed by atoms with Gasteiger partial charge in [0.25, 0.3) is 0 Å². The third-order valence-electron chi connectivity index (χ3n) is 5.81. The van der Waals surface area contributed by atoms with Crippen LogP contribution in [0, 0.1) is 12.7 Å². The maximum Gasteiger partial charge on any atom is 0.220 e. The Morgan fingerprint density at radius 2 is 1.80 bits per heavy atom. The lowest BCUT2D eigenvalue weighted by atomic mass is 9.90. The van der Waals surface area contributed by atoms with Crippen molar-refractivity contribution >= 4 is 11.8 Å². The fourth-order valence-corrected chi connectivity index (χ4v) is 4.10. The lowest BCUT2D eigenvalue weighted by Crippen LogP contribution is -2.33. The molecule has 0 amide bonds. The highest BCUT2D eigenvalue weighted by atomic mass is 19.1. The van der Waals surface area contributed by atoms with Gasteiger partial charge in [-0.25, -0.2) is 24.3 Å². The van der Waals surface area contributed by atoms with Crippen molar-refractivity contribution in [3.05, 3.63) is 47.5 Å². The standard InChI is InChI=1S/C22H26FN7/c1-3-30-11-8-14(9-12-30)19-13(2)20(29-22(25)28-19)17-6-4-5-16(27-17)15-7-10-26-21(24)18(15)23/h4-7,10,14H,3,8-9,11-12H2,1-2H3,(H2,24,26)(H2,25,28,29). The first kappa shape index (κ1) is 20.2. The van der Waals surface area contributed by atoms with Crippen LogP contribution in [-0.2, 0) is 0 Å². The molecule has 0 saturated carbocycles. The van der Waals surface area contributed by atoms with Crippen molar-refractivity contribution in [1.82, 2.24) is 24.8 Å². The number of rotatable bonds is 4. The van der Waals surface area contributed by atoms with E-state index in [-0.39, 0.29) is 11.8 Å². The van der Waals surface area contributed by atoms with Gasteiger partial charge >= 0.3 is 0 Å². The number of piperidine rings is 1. The average Bonchev–Trinajstić information content (AvgIpc) is 2.77. The first-order valence-corrected chi connectivity index (χ1v) is 10.2. The van der Waals surface area contributed by atoms with E-state index < -0.39 is 5.82 Å². The Morgan fingerprint density at radius 3 is 2.53 bits per heavy atom. The molecule has 0 radical (unpaired) electrons. The van der Waals surface area contributed by atoms with E-state index >= 15 is 0 Å². The number of hydrogen-bond acceptors (Lipinski definition) is 7. The molecule has 0 aromatic carbocycles. The van der Waals surface area contributed by atoms with E-state index in [4.69, 9.17) is 11.5 Å². The van der Waals surface area contributed by atoms with Crippen LogP contribution in [0.2, 0.25) is 0 Å². The molecule has 0 atom stereocenters. The monoisotopic (exact) mass is 407 g/mol. The Kier molecular flexibility index (Phi) is 5.59. The molecule has 4 heterocycles. The second-order valence-electron chi connectivity index (χ2n) is 7.61. The maximum absolute atomic E-state index is 14.5. The van der Waals surface area contributed by atoms with Crippen LogP contribution >= 0.6 is 0 Å². The maximum atomic E-state index is 14.5. The minimum atomic E-state index is -0.579. The third-order valence-corrected chi connectivity index (χ3v) is 5.81. The summed E-state index contributed by atoms with van der Waals surface area (Å²) in [4.78, 5) is 19.9. The van der Waals surface area contributed by atoms with Gasteiger partial charge in [0.1, 0.15) is 0 Å². The molecule has 156 valence electrons. The van der Waals surface area contributed by atoms with Crippen molar-refractivity contribution in [2.24, 2.45) is 0 Å². The van der Waals surface area contributed by atoms with Gasteiger partial charge in [0, 0.05) is 17.7 Å². The fraction of sp³-hybridized carbons (Fsp3) is 0.364. The lowest BCUT2D eigenvalue weighted by molar-refractivity contribution is 0.220. The van der Waals surface area contributed by atoms with Crippen LogP contribution in [0.1, 0.15) is 36.9 Å². The second kappa shape index (κ2) is 8.31. The lowest BCUT2D eigenvalue weighted by Gasteiger charge is -2.31. The highest BCUT2D eigenvalue weighted by Gasteiger charge is 2.25. The molecule has 1 aliphatic heterocycles. The van der Waals surface area contributed by atoms with Gasteiger partial charge in [0.05, 0.1) is 22.8 Å². The number of pyridine rings is 2. The van der Waals surface area contributed by atoms with Crippen LogP contribution in [0.3, 0.4) is 0 Å². The average molecular weight is 407 g/mol. The van der Waals surface area contributed by atoms with Crippen molar-refractivity contribution in [1.29, 1.82) is 0 Å². The molecule has 8 heteroatoms. The summed E-state index contributed by atoms with van der Waals surface area (Å²) in [5, 5.41) is 0. The topological polar surface area (TPSA) is 107 Å². The van der Waals surface area contributed by atoms with Crippen molar-refractivity contribution in [3.63, 3.8) is 0 Å². The number of nitrogens with zero attached hydrogens (tertiary/aromatic N) is 5. The number of nitrogen functional groups attached to an aromatic ring is 2. The summed E-state index contributed by atoms with van der Waals surface area (Å²) in [6.45, 7) is 7.36. The largest absolute Gasteiger partial charge is 0.381 e. The zero-order valence-electron chi connectivity index (χ0n) is 17.3. The van der Waals surface area contributed by atoms with E-state index in [0.717, 1.165) is 43.7 Å². The van der Waals surface area contributed by atoms with Gasteiger partial charge in [0.15, 0.2) is 11.6 Å². The van der Waals surface area contributed by atoms with E-state index in [0.29, 0.717) is 28.6 Å². The van der Waals surface area contributed by atoms with Crippen molar-refractivity contribution in [3.8, 4) is 22.6 Å². The minimum absolute atomic E-state index is 0.150. The number of aromatic nitrogens is 4. The van der Waals surface area contributed by atoms with Gasteiger partial charge in [-0.3, -0.25) is 0 Å². The molecule has 7 nitrogen and oxygen atoms in total. The second-order valence-corrected chi connectivity index (χ2v) is 7.61. The molecule has 0 unspecified atom stereocenters. The van der Waals surface area contributed by atoms with Crippen molar-refractivity contribution in [2.45, 2.75) is 32.6 Å². The summed E-state index contributed by atoms with van der Waals surface area (Å²) < 4.78 is 14.5. The predicted octanol–water partition coefficient (Wildman–Crippen LogP) is 3.41. The van der Waals surface area contributed by atoms with E-state index in [9.17, 15) is 4.39 Å². The molecule has 0 bridgehead atoms. The molecule has 0 spiro atoms. The molecule has 1 saturated heterocycles. The first-order chi connectivity index (χ1) is 14.5. The summed E-state index contributed by atoms with van der Waals surface area (Å²) in [7, 11) is 0. The number of nitrogens with two attached hydrogens (primary N) is 2. The van der Waals surface area contributed by atoms with Gasteiger partial charge in [-0.2, -0.15) is 0 Å². The summed E-state index contributed by atoms with van der Waals surface area (Å²) in [5.41, 5.74) is 15.7. The van der Waals surface area contributed by atoms with Gasteiger partial charge in [-0.15, -0.1) is 0 Å². The normalized spacial score (nSPS) is 15.4. The van der Waals surface area contributed by atoms with Crippen molar-refractivity contribution in [2.75, 3.05) is 31.1 Å². The molecule has 0 aliphatic carbocycles. The number of anilines is 2. The van der Waals surface area contributed by atoms with Gasteiger partial charge in [-0.05, 0) is 63.2 Å². The Balaban J connectivity index is 1.73. The molecule has 3 aromatic heterocycles. The number of likely N-dealkylation sites (tertiary alicyclic amines) is 1. The van der Waals surface area contributed by atoms with E-state index in [1.165, 1.54) is 6.20 Å². The van der Waals surface area contributed by atoms with E-state index in [2.05, 4.69) is 31.8 Å². The zero-order chi connectivity index (χ0) is 21.3. The fourth-order valence-electron chi connectivity index (χ4n) is 4.10. The Morgan fingerprint density at radius 1 is 1.07 bits per heavy atom. The minimum Gasteiger partial charge on any atom is -0.381 e. The van der Waals surface area contributed by atoms with Gasteiger partial charge in [-0.1, -0.05) is 13.0 Å². The molecule has 4 rings (SSSR count). The third kappa shape index (κ3) is 3.82. The predicted molar refractivity (Wildman–Crippen MR) is 116 cm³/mol. The Bertz CT molecular complexity index is 1060. The molecule has 4 N–H and O–H groups in total. The summed E-state index contributed by atoms with van der Waals surface area (Å²) in [6.07, 6.45) is 3.55. The summed E-state index contributed by atoms with van der Waals surface area (Å²) in [6, 6.07) is 6.98. The van der Waals surface area contributed by atoms with Crippen LogP contribution in [0.5, 0.6) is 0 Å². The molecular weight excluding hydrogens is 381 g/mol. The van der Waals surface area contributed by atoms with Crippen molar-refractivity contribution < 1.29 is 4.39 Å². The van der Waals surface area contributed by atoms with Crippen LogP contribution in [0.25, 0.3) is 22.6 Å². The molecule has 30 heavy (non-hydrogen) atoms. The Hall–Kier alpha value is -3.13. The highest BCUT2D eigenvalue weighted by molar-refractivity contribution is 5.68. The first-order valence-electron chi connectivity index (χ1n) is 10.2. The molecule has 1 fully saturated rings. The molecule has 1 aliphatic rings. The summed E-state index contributed by atoms with van der Waals surface area (Å²) >= 11 is 0. The number of hydrogen-bond donors (Lipinski definition) is 2. The molecule has 3 aromatic rings. The van der Waals surface area contributed by atoms with Crippen LogP contribution in [0.15, 0.2) is 30.5 Å². The van der Waals surface area contributed by atoms with E-state index in [1.807, 2.05) is 19.1 Å². The van der Waals surface area contributed by atoms with Crippen LogP contribution in [0.4, 0.5) is 16.2 Å². The smallest absolute Gasteiger partial charge is 0.220 e. The quantitative estimate of drug-likeness (QED) is 0.682. The molecular formula is C22H26FN7. The van der Waals surface area contributed by atoms with Crippen LogP contribution < -0.4 is 11.5 Å². The Labute approximate surface area is 175 Å². The van der Waals surface area contributed by atoms with Gasteiger partial charge in [0.2, 0.25) is 5.95 Å². The van der Waals surface area contributed by atoms with Crippen LogP contribution in [-0.4, -0.2) is 44.5 Å². The van der Waals surface area contributed by atoms with Gasteiger partial charge < -0.3 is 16.4 Å². The number of halogens is 1. The zero-order valence-corrected chi connectivity index (χ0v) is 17.3. The van der Waals surface area contributed by atoms with E-state index in [1.54, 1.807) is 12.1 Å². The summed E-state index contributed by atoms with van der Waals surface area (Å²) in [5.74, 6) is -0.153.